The van der Waals surface area contributed by atoms with Gasteiger partial charge in [0.15, 0.2) is 0 Å². The lowest BCUT2D eigenvalue weighted by Crippen LogP contribution is -2.44. The summed E-state index contributed by atoms with van der Waals surface area (Å²) in [6.45, 7) is 4.88. The van der Waals surface area contributed by atoms with E-state index in [0.717, 1.165) is 38.9 Å². The fourth-order valence-electron chi connectivity index (χ4n) is 2.69. The molecule has 1 unspecified atom stereocenters. The maximum Gasteiger partial charge on any atom is 0.222 e. The molecule has 19 heavy (non-hydrogen) atoms. The molecule has 3 heteroatoms. The Balaban J connectivity index is 2.06. The molecule has 0 radical (unpaired) electrons. The van der Waals surface area contributed by atoms with Crippen LogP contribution in [0.2, 0.25) is 0 Å². The summed E-state index contributed by atoms with van der Waals surface area (Å²) in [6, 6.07) is 10.8. The quantitative estimate of drug-likeness (QED) is 0.900. The van der Waals surface area contributed by atoms with Crippen LogP contribution in [0.5, 0.6) is 0 Å². The van der Waals surface area contributed by atoms with Crippen molar-refractivity contribution < 1.29 is 4.79 Å². The summed E-state index contributed by atoms with van der Waals surface area (Å²) in [5, 5.41) is 3.45. The Morgan fingerprint density at radius 1 is 1.37 bits per heavy atom. The first-order valence-corrected chi connectivity index (χ1v) is 7.35. The van der Waals surface area contributed by atoms with Crippen molar-refractivity contribution in [1.29, 1.82) is 0 Å². The van der Waals surface area contributed by atoms with Crippen LogP contribution in [0.3, 0.4) is 0 Å². The fraction of sp³-hybridized carbons (Fsp3) is 0.562. The normalized spacial score (nSPS) is 20.1. The number of hydrogen-bond acceptors (Lipinski definition) is 2. The van der Waals surface area contributed by atoms with E-state index in [9.17, 15) is 4.79 Å². The molecule has 1 aliphatic heterocycles. The van der Waals surface area contributed by atoms with Gasteiger partial charge in [-0.1, -0.05) is 37.3 Å². The summed E-state index contributed by atoms with van der Waals surface area (Å²) in [7, 11) is 0. The van der Waals surface area contributed by atoms with Gasteiger partial charge in [-0.15, -0.1) is 0 Å². The Morgan fingerprint density at radius 2 is 2.16 bits per heavy atom. The van der Waals surface area contributed by atoms with Crippen LogP contribution < -0.4 is 5.32 Å². The second-order valence-corrected chi connectivity index (χ2v) is 5.24. The van der Waals surface area contributed by atoms with Crippen LogP contribution in [0.15, 0.2) is 30.3 Å². The number of rotatable bonds is 4. The van der Waals surface area contributed by atoms with Crippen LogP contribution in [-0.2, 0) is 11.2 Å². The average Bonchev–Trinajstić information content (AvgIpc) is 2.66. The van der Waals surface area contributed by atoms with Crippen molar-refractivity contribution in [2.75, 3.05) is 19.6 Å². The van der Waals surface area contributed by atoms with Crippen LogP contribution in [0.4, 0.5) is 0 Å². The molecule has 1 aromatic rings. The van der Waals surface area contributed by atoms with E-state index in [2.05, 4.69) is 41.4 Å². The molecule has 0 aromatic heterocycles. The monoisotopic (exact) mass is 260 g/mol. The molecule has 1 aliphatic rings. The molecule has 1 atom stereocenters. The number of amides is 1. The SMILES string of the molecule is CCCC(=O)N1CCCNCC1Cc1ccccc1. The number of nitrogens with zero attached hydrogens (tertiary/aromatic N) is 1. The lowest BCUT2D eigenvalue weighted by Gasteiger charge is -2.30. The highest BCUT2D eigenvalue weighted by molar-refractivity contribution is 5.76. The third-order valence-corrected chi connectivity index (χ3v) is 3.67. The van der Waals surface area contributed by atoms with Crippen molar-refractivity contribution in [3.8, 4) is 0 Å². The predicted molar refractivity (Wildman–Crippen MR) is 78.0 cm³/mol. The zero-order valence-corrected chi connectivity index (χ0v) is 11.8. The first-order chi connectivity index (χ1) is 9.31. The van der Waals surface area contributed by atoms with Crippen molar-refractivity contribution >= 4 is 5.91 Å². The Bertz CT molecular complexity index is 391. The number of carbonyl (C=O) groups excluding carboxylic acids is 1. The molecule has 1 heterocycles. The van der Waals surface area contributed by atoms with E-state index in [-0.39, 0.29) is 0 Å². The number of nitrogens with one attached hydrogen (secondary N) is 1. The molecule has 1 aromatic carbocycles. The lowest BCUT2D eigenvalue weighted by atomic mass is 10.0. The average molecular weight is 260 g/mol. The molecule has 2 rings (SSSR count). The highest BCUT2D eigenvalue weighted by Gasteiger charge is 2.24. The van der Waals surface area contributed by atoms with Crippen LogP contribution in [-0.4, -0.2) is 36.5 Å². The van der Waals surface area contributed by atoms with Crippen molar-refractivity contribution in [3.63, 3.8) is 0 Å². The van der Waals surface area contributed by atoms with Gasteiger partial charge in [-0.05, 0) is 31.4 Å². The highest BCUT2D eigenvalue weighted by Crippen LogP contribution is 2.13. The third-order valence-electron chi connectivity index (χ3n) is 3.67. The van der Waals surface area contributed by atoms with Gasteiger partial charge in [-0.3, -0.25) is 4.79 Å². The van der Waals surface area contributed by atoms with Gasteiger partial charge in [0.2, 0.25) is 5.91 Å². The summed E-state index contributed by atoms with van der Waals surface area (Å²) in [6.07, 6.45) is 3.61. The van der Waals surface area contributed by atoms with Crippen LogP contribution in [0.25, 0.3) is 0 Å². The minimum absolute atomic E-state index is 0.295. The maximum absolute atomic E-state index is 12.2. The molecule has 1 fully saturated rings. The van der Waals surface area contributed by atoms with E-state index in [1.165, 1.54) is 5.56 Å². The minimum Gasteiger partial charge on any atom is -0.338 e. The van der Waals surface area contributed by atoms with E-state index < -0.39 is 0 Å². The fourth-order valence-corrected chi connectivity index (χ4v) is 2.69. The van der Waals surface area contributed by atoms with Crippen LogP contribution >= 0.6 is 0 Å². The van der Waals surface area contributed by atoms with Gasteiger partial charge < -0.3 is 10.2 Å². The van der Waals surface area contributed by atoms with E-state index in [1.807, 2.05) is 6.07 Å². The Kier molecular flexibility index (Phi) is 5.40. The third kappa shape index (κ3) is 4.06. The molecule has 0 saturated carbocycles. The molecular weight excluding hydrogens is 236 g/mol. The summed E-state index contributed by atoms with van der Waals surface area (Å²) in [5.41, 5.74) is 1.31. The van der Waals surface area contributed by atoms with Gasteiger partial charge >= 0.3 is 0 Å². The number of carbonyl (C=O) groups is 1. The predicted octanol–water partition coefficient (Wildman–Crippen LogP) is 2.22. The van der Waals surface area contributed by atoms with Crippen LogP contribution in [0, 0.1) is 0 Å². The molecule has 104 valence electrons. The second-order valence-electron chi connectivity index (χ2n) is 5.24. The van der Waals surface area contributed by atoms with Gasteiger partial charge in [0.1, 0.15) is 0 Å². The standard InChI is InChI=1S/C16H24N2O/c1-2-7-16(19)18-11-6-10-17-13-15(18)12-14-8-4-3-5-9-14/h3-5,8-9,15,17H,2,6-7,10-13H2,1H3. The maximum atomic E-state index is 12.2. The van der Waals surface area contributed by atoms with Gasteiger partial charge in [-0.25, -0.2) is 0 Å². The number of hydrogen-bond donors (Lipinski definition) is 1. The summed E-state index contributed by atoms with van der Waals surface area (Å²) in [4.78, 5) is 14.3. The summed E-state index contributed by atoms with van der Waals surface area (Å²) >= 11 is 0. The minimum atomic E-state index is 0.295. The van der Waals surface area contributed by atoms with E-state index in [0.29, 0.717) is 18.4 Å². The van der Waals surface area contributed by atoms with E-state index in [4.69, 9.17) is 0 Å². The summed E-state index contributed by atoms with van der Waals surface area (Å²) < 4.78 is 0. The van der Waals surface area contributed by atoms with E-state index in [1.54, 1.807) is 0 Å². The van der Waals surface area contributed by atoms with Gasteiger partial charge in [0.05, 0.1) is 0 Å². The Hall–Kier alpha value is -1.35. The molecule has 0 aliphatic carbocycles. The van der Waals surface area contributed by atoms with Gasteiger partial charge in [0.25, 0.3) is 0 Å². The first-order valence-electron chi connectivity index (χ1n) is 7.35. The van der Waals surface area contributed by atoms with Gasteiger partial charge in [-0.2, -0.15) is 0 Å². The molecule has 1 amide bonds. The molecule has 3 nitrogen and oxygen atoms in total. The Morgan fingerprint density at radius 3 is 2.89 bits per heavy atom. The molecule has 1 N–H and O–H groups in total. The molecule has 0 bridgehead atoms. The smallest absolute Gasteiger partial charge is 0.222 e. The van der Waals surface area contributed by atoms with E-state index >= 15 is 0 Å². The van der Waals surface area contributed by atoms with Gasteiger partial charge in [0, 0.05) is 25.6 Å². The van der Waals surface area contributed by atoms with Crippen molar-refractivity contribution in [1.82, 2.24) is 10.2 Å². The topological polar surface area (TPSA) is 32.3 Å². The van der Waals surface area contributed by atoms with Crippen LogP contribution in [0.1, 0.15) is 31.7 Å². The summed E-state index contributed by atoms with van der Waals surface area (Å²) in [5.74, 6) is 0.312. The zero-order valence-electron chi connectivity index (χ0n) is 11.8. The first kappa shape index (κ1) is 14.1. The second kappa shape index (κ2) is 7.29. The highest BCUT2D eigenvalue weighted by atomic mass is 16.2. The number of benzene rings is 1. The van der Waals surface area contributed by atoms with Crippen molar-refractivity contribution in [2.24, 2.45) is 0 Å². The Labute approximate surface area is 116 Å². The zero-order chi connectivity index (χ0) is 13.5. The molecule has 1 saturated heterocycles. The molecular formula is C16H24N2O. The van der Waals surface area contributed by atoms with Crippen molar-refractivity contribution in [3.05, 3.63) is 35.9 Å². The van der Waals surface area contributed by atoms with Crippen molar-refractivity contribution in [2.45, 2.75) is 38.6 Å². The lowest BCUT2D eigenvalue weighted by molar-refractivity contribution is -0.133. The largest absolute Gasteiger partial charge is 0.338 e. The molecule has 0 spiro atoms.